The number of nitrogens with one attached hydrogen (secondary N) is 1. The van der Waals surface area contributed by atoms with Crippen LogP contribution in [0.3, 0.4) is 0 Å². The number of hydrogen-bond donors (Lipinski definition) is 1. The quantitative estimate of drug-likeness (QED) is 0.656. The zero-order valence-electron chi connectivity index (χ0n) is 14.8. The number of ether oxygens (including phenoxy) is 1. The number of thioether (sulfide) groups is 1. The fourth-order valence-electron chi connectivity index (χ4n) is 2.65. The molecule has 136 valence electrons. The Bertz CT molecular complexity index is 883. The number of rotatable bonds is 8. The van der Waals surface area contributed by atoms with Gasteiger partial charge in [0.1, 0.15) is 5.56 Å². The molecule has 3 heterocycles. The van der Waals surface area contributed by atoms with E-state index in [1.165, 1.54) is 0 Å². The number of amides is 1. The monoisotopic (exact) mass is 371 g/mol. The molecular weight excluding hydrogens is 350 g/mol. The van der Waals surface area contributed by atoms with Gasteiger partial charge in [0, 0.05) is 12.4 Å². The molecule has 0 aliphatic rings. The highest BCUT2D eigenvalue weighted by Gasteiger charge is 2.22. The molecule has 0 aromatic carbocycles. The van der Waals surface area contributed by atoms with Gasteiger partial charge in [0.15, 0.2) is 11.5 Å². The van der Waals surface area contributed by atoms with E-state index in [0.717, 1.165) is 17.8 Å². The number of carbonyl (C=O) groups excluding carboxylic acids is 1. The summed E-state index contributed by atoms with van der Waals surface area (Å²) in [6.45, 7) is 2.31. The second kappa shape index (κ2) is 8.66. The molecule has 8 heteroatoms. The maximum Gasteiger partial charge on any atom is 0.257 e. The summed E-state index contributed by atoms with van der Waals surface area (Å²) in [5.41, 5.74) is 1.17. The molecule has 0 radical (unpaired) electrons. The van der Waals surface area contributed by atoms with E-state index in [2.05, 4.69) is 20.5 Å². The Morgan fingerprint density at radius 1 is 1.31 bits per heavy atom. The van der Waals surface area contributed by atoms with Gasteiger partial charge in [-0.15, -0.1) is 10.2 Å². The lowest BCUT2D eigenvalue weighted by Gasteiger charge is -2.18. The minimum atomic E-state index is -0.262. The summed E-state index contributed by atoms with van der Waals surface area (Å²) < 4.78 is 7.37. The molecule has 7 nitrogen and oxygen atoms in total. The first-order valence-corrected chi connectivity index (χ1v) is 9.81. The van der Waals surface area contributed by atoms with Gasteiger partial charge in [-0.3, -0.25) is 9.20 Å². The van der Waals surface area contributed by atoms with Crippen molar-refractivity contribution >= 4 is 23.3 Å². The van der Waals surface area contributed by atoms with Gasteiger partial charge in [-0.2, -0.15) is 11.8 Å². The van der Waals surface area contributed by atoms with Crippen LogP contribution in [0, 0.1) is 0 Å². The third-order valence-electron chi connectivity index (χ3n) is 3.86. The van der Waals surface area contributed by atoms with Crippen LogP contribution in [0.1, 0.15) is 35.6 Å². The van der Waals surface area contributed by atoms with E-state index in [4.69, 9.17) is 4.74 Å². The predicted molar refractivity (Wildman–Crippen MR) is 102 cm³/mol. The van der Waals surface area contributed by atoms with Crippen molar-refractivity contribution in [1.82, 2.24) is 24.9 Å². The summed E-state index contributed by atoms with van der Waals surface area (Å²) in [6, 6.07) is 8.89. The van der Waals surface area contributed by atoms with Crippen molar-refractivity contribution < 1.29 is 9.53 Å². The molecule has 1 unspecified atom stereocenters. The molecule has 1 N–H and O–H groups in total. The fraction of sp³-hybridized carbons (Fsp3) is 0.333. The molecule has 1 atom stereocenters. The van der Waals surface area contributed by atoms with Gasteiger partial charge in [-0.25, -0.2) is 4.98 Å². The Kier molecular flexibility index (Phi) is 6.06. The molecule has 3 aromatic heterocycles. The van der Waals surface area contributed by atoms with Gasteiger partial charge >= 0.3 is 0 Å². The largest absolute Gasteiger partial charge is 0.477 e. The van der Waals surface area contributed by atoms with Gasteiger partial charge in [-0.05, 0) is 49.6 Å². The Balaban J connectivity index is 1.88. The van der Waals surface area contributed by atoms with Crippen LogP contribution in [-0.2, 0) is 0 Å². The van der Waals surface area contributed by atoms with Crippen molar-refractivity contribution in [2.75, 3.05) is 18.6 Å². The van der Waals surface area contributed by atoms with Crippen LogP contribution >= 0.6 is 11.8 Å². The van der Waals surface area contributed by atoms with Gasteiger partial charge in [0.2, 0.25) is 5.88 Å². The molecule has 3 aromatic rings. The van der Waals surface area contributed by atoms with Crippen LogP contribution in [0.15, 0.2) is 42.7 Å². The van der Waals surface area contributed by atoms with Gasteiger partial charge in [0.25, 0.3) is 5.91 Å². The first kappa shape index (κ1) is 18.2. The van der Waals surface area contributed by atoms with Crippen molar-refractivity contribution in [3.05, 3.63) is 54.1 Å². The highest BCUT2D eigenvalue weighted by molar-refractivity contribution is 7.98. The van der Waals surface area contributed by atoms with Crippen molar-refractivity contribution in [3.8, 4) is 5.88 Å². The average molecular weight is 371 g/mol. The fourth-order valence-corrected chi connectivity index (χ4v) is 3.12. The number of carbonyl (C=O) groups is 1. The molecule has 0 saturated carbocycles. The lowest BCUT2D eigenvalue weighted by Crippen LogP contribution is -2.31. The van der Waals surface area contributed by atoms with Crippen molar-refractivity contribution in [3.63, 3.8) is 0 Å². The average Bonchev–Trinajstić information content (AvgIpc) is 3.10. The third kappa shape index (κ3) is 3.96. The molecule has 26 heavy (non-hydrogen) atoms. The smallest absolute Gasteiger partial charge is 0.257 e. The van der Waals surface area contributed by atoms with E-state index >= 15 is 0 Å². The van der Waals surface area contributed by atoms with E-state index in [0.29, 0.717) is 23.9 Å². The van der Waals surface area contributed by atoms with Gasteiger partial charge in [0.05, 0.1) is 12.6 Å². The minimum absolute atomic E-state index is 0.236. The summed E-state index contributed by atoms with van der Waals surface area (Å²) >= 11 is 1.72. The van der Waals surface area contributed by atoms with Gasteiger partial charge in [-0.1, -0.05) is 6.07 Å². The lowest BCUT2D eigenvalue weighted by molar-refractivity contribution is 0.0929. The van der Waals surface area contributed by atoms with Crippen LogP contribution in [-0.4, -0.2) is 44.1 Å². The normalized spacial score (nSPS) is 12.1. The minimum Gasteiger partial charge on any atom is -0.477 e. The summed E-state index contributed by atoms with van der Waals surface area (Å²) in [5.74, 6) is 1.70. The zero-order valence-corrected chi connectivity index (χ0v) is 15.6. The molecular formula is C18H21N5O2S. The number of nitrogens with zero attached hydrogens (tertiary/aromatic N) is 4. The number of fused-ring (bicyclic) bond motifs is 1. The van der Waals surface area contributed by atoms with E-state index in [1.54, 1.807) is 30.1 Å². The van der Waals surface area contributed by atoms with Crippen LogP contribution in [0.2, 0.25) is 0 Å². The van der Waals surface area contributed by atoms with Gasteiger partial charge < -0.3 is 10.1 Å². The van der Waals surface area contributed by atoms with Crippen molar-refractivity contribution in [2.24, 2.45) is 0 Å². The Labute approximate surface area is 156 Å². The van der Waals surface area contributed by atoms with Crippen LogP contribution < -0.4 is 10.1 Å². The topological polar surface area (TPSA) is 81.4 Å². The van der Waals surface area contributed by atoms with E-state index in [9.17, 15) is 4.79 Å². The first-order valence-electron chi connectivity index (χ1n) is 8.42. The van der Waals surface area contributed by atoms with Crippen LogP contribution in [0.25, 0.3) is 5.65 Å². The molecule has 3 rings (SSSR count). The summed E-state index contributed by atoms with van der Waals surface area (Å²) in [4.78, 5) is 17.0. The highest BCUT2D eigenvalue weighted by Crippen LogP contribution is 2.21. The van der Waals surface area contributed by atoms with Crippen LogP contribution in [0.5, 0.6) is 5.88 Å². The van der Waals surface area contributed by atoms with Crippen molar-refractivity contribution in [2.45, 2.75) is 19.4 Å². The SMILES string of the molecule is CCOc1ncccc1C(=O)NC(CCSC)c1nnc2ccccn12. The Morgan fingerprint density at radius 3 is 3.00 bits per heavy atom. The standard InChI is InChI=1S/C18H21N5O2S/c1-3-25-18-13(7-6-10-19-18)17(24)20-14(9-12-26-2)16-22-21-15-8-4-5-11-23(15)16/h4-8,10-11,14H,3,9,12H2,1-2H3,(H,20,24). The molecule has 0 aliphatic carbocycles. The zero-order chi connectivity index (χ0) is 18.4. The summed E-state index contributed by atoms with van der Waals surface area (Å²) in [6.07, 6.45) is 6.29. The van der Waals surface area contributed by atoms with E-state index < -0.39 is 0 Å². The molecule has 0 aliphatic heterocycles. The Hall–Kier alpha value is -2.61. The maximum absolute atomic E-state index is 12.8. The number of aromatic nitrogens is 4. The van der Waals surface area contributed by atoms with E-state index in [1.807, 2.05) is 42.0 Å². The Morgan fingerprint density at radius 2 is 2.19 bits per heavy atom. The molecule has 1 amide bonds. The first-order chi connectivity index (χ1) is 12.7. The third-order valence-corrected chi connectivity index (χ3v) is 4.51. The van der Waals surface area contributed by atoms with Crippen molar-refractivity contribution in [1.29, 1.82) is 0 Å². The van der Waals surface area contributed by atoms with E-state index in [-0.39, 0.29) is 11.9 Å². The molecule has 0 fully saturated rings. The number of hydrogen-bond acceptors (Lipinski definition) is 6. The summed E-state index contributed by atoms with van der Waals surface area (Å²) in [7, 11) is 0. The second-order valence-corrected chi connectivity index (χ2v) is 6.57. The second-order valence-electron chi connectivity index (χ2n) is 5.58. The molecule has 0 spiro atoms. The maximum atomic E-state index is 12.8. The predicted octanol–water partition coefficient (Wildman–Crippen LogP) is 2.75. The molecule has 0 bridgehead atoms. The number of pyridine rings is 2. The summed E-state index contributed by atoms with van der Waals surface area (Å²) in [5, 5.41) is 11.6. The molecule has 0 saturated heterocycles. The van der Waals surface area contributed by atoms with Crippen LogP contribution in [0.4, 0.5) is 0 Å². The lowest BCUT2D eigenvalue weighted by atomic mass is 10.1. The highest BCUT2D eigenvalue weighted by atomic mass is 32.2.